The number of H-pyrrole nitrogens is 1. The molecule has 28 heavy (non-hydrogen) atoms. The number of carbonyl (C=O) groups excluding carboxylic acids is 2. The van der Waals surface area contributed by atoms with Crippen LogP contribution in [-0.2, 0) is 4.79 Å². The van der Waals surface area contributed by atoms with E-state index in [2.05, 4.69) is 15.6 Å². The highest BCUT2D eigenvalue weighted by atomic mass is 16.5. The third-order valence-electron chi connectivity index (χ3n) is 4.48. The molecule has 2 aromatic carbocycles. The summed E-state index contributed by atoms with van der Waals surface area (Å²) in [6.45, 7) is 0. The van der Waals surface area contributed by atoms with Crippen LogP contribution in [0.2, 0.25) is 0 Å². The van der Waals surface area contributed by atoms with Gasteiger partial charge in [0.05, 0.1) is 12.7 Å². The number of fused-ring (bicyclic) bond motifs is 1. The van der Waals surface area contributed by atoms with Crippen LogP contribution in [0.1, 0.15) is 11.3 Å². The Morgan fingerprint density at radius 2 is 2.00 bits per heavy atom. The zero-order chi connectivity index (χ0) is 19.7. The fourth-order valence-electron chi connectivity index (χ4n) is 3.17. The van der Waals surface area contributed by atoms with Gasteiger partial charge in [0, 0.05) is 28.8 Å². The SMILES string of the molecule is COc1cccc(-c2c[nH]c(/C=C3\C(=O)Nc4ccc(NC(N)=O)cc43)c2)c1. The monoisotopic (exact) mass is 374 g/mol. The van der Waals surface area contributed by atoms with Crippen LogP contribution in [0.25, 0.3) is 22.8 Å². The molecule has 3 aromatic rings. The van der Waals surface area contributed by atoms with E-state index in [1.807, 2.05) is 36.5 Å². The smallest absolute Gasteiger partial charge is 0.316 e. The van der Waals surface area contributed by atoms with Crippen molar-refractivity contribution < 1.29 is 14.3 Å². The molecule has 0 spiro atoms. The summed E-state index contributed by atoms with van der Waals surface area (Å²) >= 11 is 0. The van der Waals surface area contributed by atoms with Crippen molar-refractivity contribution in [1.82, 2.24) is 4.98 Å². The number of carbonyl (C=O) groups is 2. The number of rotatable bonds is 4. The molecule has 7 nitrogen and oxygen atoms in total. The highest BCUT2D eigenvalue weighted by Crippen LogP contribution is 2.35. The molecule has 0 aliphatic carbocycles. The Hall–Kier alpha value is -4.00. The van der Waals surface area contributed by atoms with Crippen molar-refractivity contribution >= 4 is 35.0 Å². The molecule has 7 heteroatoms. The van der Waals surface area contributed by atoms with Crippen LogP contribution in [-0.4, -0.2) is 24.0 Å². The Morgan fingerprint density at radius 1 is 1.14 bits per heavy atom. The number of ether oxygens (including phenoxy) is 1. The minimum atomic E-state index is -0.657. The van der Waals surface area contributed by atoms with Gasteiger partial charge in [-0.15, -0.1) is 0 Å². The first kappa shape index (κ1) is 17.4. The number of nitrogens with two attached hydrogens (primary N) is 1. The maximum absolute atomic E-state index is 12.4. The fourth-order valence-corrected chi connectivity index (χ4v) is 3.17. The van der Waals surface area contributed by atoms with E-state index in [-0.39, 0.29) is 5.91 Å². The predicted octanol–water partition coefficient (Wildman–Crippen LogP) is 3.67. The third kappa shape index (κ3) is 3.33. The van der Waals surface area contributed by atoms with E-state index in [0.717, 1.165) is 22.6 Å². The van der Waals surface area contributed by atoms with Crippen molar-refractivity contribution in [2.45, 2.75) is 0 Å². The number of nitrogens with one attached hydrogen (secondary N) is 3. The summed E-state index contributed by atoms with van der Waals surface area (Å²) < 4.78 is 5.27. The molecule has 1 aliphatic rings. The second kappa shape index (κ2) is 6.96. The number of primary amides is 1. The van der Waals surface area contributed by atoms with E-state index in [9.17, 15) is 9.59 Å². The zero-order valence-corrected chi connectivity index (χ0v) is 15.1. The van der Waals surface area contributed by atoms with Gasteiger partial charge >= 0.3 is 6.03 Å². The summed E-state index contributed by atoms with van der Waals surface area (Å²) in [6.07, 6.45) is 3.65. The molecule has 0 radical (unpaired) electrons. The number of hydrogen-bond donors (Lipinski definition) is 4. The van der Waals surface area contributed by atoms with Crippen molar-refractivity contribution in [3.63, 3.8) is 0 Å². The standard InChI is InChI=1S/C21H18N4O3/c1-28-16-4-2-3-12(8-16)13-7-15(23-11-13)10-18-17-9-14(24-21(22)27)5-6-19(17)25-20(18)26/h2-11,23H,1H3,(H,25,26)(H3,22,24,27)/b18-10-. The quantitative estimate of drug-likeness (QED) is 0.523. The molecule has 0 atom stereocenters. The average molecular weight is 374 g/mol. The molecule has 1 aromatic heterocycles. The summed E-state index contributed by atoms with van der Waals surface area (Å²) in [5.41, 5.74) is 10.4. The van der Waals surface area contributed by atoms with Gasteiger partial charge in [-0.2, -0.15) is 0 Å². The van der Waals surface area contributed by atoms with Crippen LogP contribution in [0.4, 0.5) is 16.2 Å². The normalized spacial score (nSPS) is 13.9. The minimum Gasteiger partial charge on any atom is -0.497 e. The van der Waals surface area contributed by atoms with Gasteiger partial charge in [-0.3, -0.25) is 4.79 Å². The summed E-state index contributed by atoms with van der Waals surface area (Å²) in [4.78, 5) is 26.7. The van der Waals surface area contributed by atoms with E-state index in [0.29, 0.717) is 22.5 Å². The third-order valence-corrected chi connectivity index (χ3v) is 4.48. The van der Waals surface area contributed by atoms with Gasteiger partial charge in [-0.05, 0) is 53.6 Å². The molecular weight excluding hydrogens is 356 g/mol. The maximum atomic E-state index is 12.4. The molecule has 0 saturated carbocycles. The molecule has 5 N–H and O–H groups in total. The first-order valence-corrected chi connectivity index (χ1v) is 8.60. The molecule has 2 heterocycles. The van der Waals surface area contributed by atoms with Crippen molar-refractivity contribution in [1.29, 1.82) is 0 Å². The molecule has 1 aliphatic heterocycles. The lowest BCUT2D eigenvalue weighted by molar-refractivity contribution is -0.110. The van der Waals surface area contributed by atoms with E-state index in [4.69, 9.17) is 10.5 Å². The van der Waals surface area contributed by atoms with Crippen LogP contribution in [0, 0.1) is 0 Å². The summed E-state index contributed by atoms with van der Waals surface area (Å²) in [7, 11) is 1.63. The number of aromatic nitrogens is 1. The Labute approximate surface area is 161 Å². The molecule has 3 amide bonds. The molecule has 0 unspecified atom stereocenters. The highest BCUT2D eigenvalue weighted by molar-refractivity contribution is 6.35. The lowest BCUT2D eigenvalue weighted by atomic mass is 10.0. The summed E-state index contributed by atoms with van der Waals surface area (Å²) in [6, 6.07) is 14.2. The number of hydrogen-bond acceptors (Lipinski definition) is 3. The Balaban J connectivity index is 1.68. The van der Waals surface area contributed by atoms with Crippen LogP contribution in [0.15, 0.2) is 54.7 Å². The molecule has 0 saturated heterocycles. The molecule has 140 valence electrons. The van der Waals surface area contributed by atoms with Crippen molar-refractivity contribution in [3.05, 3.63) is 66.0 Å². The van der Waals surface area contributed by atoms with Gasteiger partial charge in [-0.1, -0.05) is 12.1 Å². The van der Waals surface area contributed by atoms with Gasteiger partial charge < -0.3 is 26.1 Å². The Bertz CT molecular complexity index is 1110. The van der Waals surface area contributed by atoms with Gasteiger partial charge in [-0.25, -0.2) is 4.79 Å². The van der Waals surface area contributed by atoms with E-state index in [1.165, 1.54) is 0 Å². The van der Waals surface area contributed by atoms with Crippen LogP contribution >= 0.6 is 0 Å². The maximum Gasteiger partial charge on any atom is 0.316 e. The van der Waals surface area contributed by atoms with Gasteiger partial charge in [0.1, 0.15) is 5.75 Å². The van der Waals surface area contributed by atoms with Crippen molar-refractivity contribution in [3.8, 4) is 16.9 Å². The Kier molecular flexibility index (Phi) is 4.33. The van der Waals surface area contributed by atoms with Gasteiger partial charge in [0.15, 0.2) is 0 Å². The highest BCUT2D eigenvalue weighted by Gasteiger charge is 2.24. The number of amides is 3. The fraction of sp³-hybridized carbons (Fsp3) is 0.0476. The first-order valence-electron chi connectivity index (χ1n) is 8.60. The summed E-state index contributed by atoms with van der Waals surface area (Å²) in [5.74, 6) is 0.570. The van der Waals surface area contributed by atoms with E-state index >= 15 is 0 Å². The topological polar surface area (TPSA) is 109 Å². The van der Waals surface area contributed by atoms with E-state index < -0.39 is 6.03 Å². The average Bonchev–Trinajstić information content (AvgIpc) is 3.27. The van der Waals surface area contributed by atoms with Crippen LogP contribution < -0.4 is 21.1 Å². The van der Waals surface area contributed by atoms with Crippen LogP contribution in [0.5, 0.6) is 5.75 Å². The molecule has 0 fully saturated rings. The second-order valence-corrected chi connectivity index (χ2v) is 6.34. The number of methoxy groups -OCH3 is 1. The number of benzene rings is 2. The molecule has 4 rings (SSSR count). The predicted molar refractivity (Wildman–Crippen MR) is 109 cm³/mol. The number of aromatic amines is 1. The lowest BCUT2D eigenvalue weighted by Crippen LogP contribution is -2.19. The van der Waals surface area contributed by atoms with Gasteiger partial charge in [0.25, 0.3) is 5.91 Å². The minimum absolute atomic E-state index is 0.205. The number of urea groups is 1. The Morgan fingerprint density at radius 3 is 2.79 bits per heavy atom. The van der Waals surface area contributed by atoms with Crippen LogP contribution in [0.3, 0.4) is 0 Å². The van der Waals surface area contributed by atoms with E-state index in [1.54, 1.807) is 31.4 Å². The molecular formula is C21H18N4O3. The second-order valence-electron chi connectivity index (χ2n) is 6.34. The van der Waals surface area contributed by atoms with Crippen molar-refractivity contribution in [2.24, 2.45) is 5.73 Å². The first-order chi connectivity index (χ1) is 13.5. The largest absolute Gasteiger partial charge is 0.497 e. The lowest BCUT2D eigenvalue weighted by Gasteiger charge is -2.04. The van der Waals surface area contributed by atoms with Crippen molar-refractivity contribution in [2.75, 3.05) is 17.7 Å². The number of anilines is 2. The molecule has 0 bridgehead atoms. The van der Waals surface area contributed by atoms with Gasteiger partial charge in [0.2, 0.25) is 0 Å². The summed E-state index contributed by atoms with van der Waals surface area (Å²) in [5, 5.41) is 5.34. The zero-order valence-electron chi connectivity index (χ0n) is 15.1.